The fourth-order valence-corrected chi connectivity index (χ4v) is 5.10. The number of nitrogens with zero attached hydrogens (tertiary/aromatic N) is 4. The largest absolute Gasteiger partial charge is 0.488 e. The summed E-state index contributed by atoms with van der Waals surface area (Å²) in [6.07, 6.45) is 5.76. The molecule has 9 nitrogen and oxygen atoms in total. The van der Waals surface area contributed by atoms with E-state index in [4.69, 9.17) is 20.9 Å². The van der Waals surface area contributed by atoms with Gasteiger partial charge >= 0.3 is 6.09 Å². The van der Waals surface area contributed by atoms with Gasteiger partial charge in [-0.2, -0.15) is 4.99 Å². The molecule has 10 heteroatoms. The Morgan fingerprint density at radius 3 is 2.51 bits per heavy atom. The zero-order chi connectivity index (χ0) is 25.2. The molecule has 2 heterocycles. The van der Waals surface area contributed by atoms with Crippen LogP contribution in [0.3, 0.4) is 0 Å². The van der Waals surface area contributed by atoms with Crippen molar-refractivity contribution in [1.29, 1.82) is 0 Å². The Labute approximate surface area is 206 Å². The highest BCUT2D eigenvalue weighted by Gasteiger charge is 2.44. The van der Waals surface area contributed by atoms with Gasteiger partial charge in [0.2, 0.25) is 11.9 Å². The van der Waals surface area contributed by atoms with Crippen LogP contribution in [0.25, 0.3) is 0 Å². The van der Waals surface area contributed by atoms with Crippen molar-refractivity contribution in [2.45, 2.75) is 77.0 Å². The smallest absolute Gasteiger partial charge is 0.410 e. The maximum Gasteiger partial charge on any atom is 0.410 e. The Morgan fingerprint density at radius 2 is 1.86 bits per heavy atom. The van der Waals surface area contributed by atoms with Gasteiger partial charge in [0.05, 0.1) is 12.3 Å². The summed E-state index contributed by atoms with van der Waals surface area (Å²) >= 11 is 0. The van der Waals surface area contributed by atoms with E-state index in [9.17, 15) is 4.79 Å². The van der Waals surface area contributed by atoms with E-state index in [1.807, 2.05) is 20.8 Å². The van der Waals surface area contributed by atoms with E-state index < -0.39 is 17.1 Å². The molecule has 1 aliphatic carbocycles. The third-order valence-electron chi connectivity index (χ3n) is 6.77. The van der Waals surface area contributed by atoms with Crippen LogP contribution in [0.15, 0.2) is 28.2 Å². The van der Waals surface area contributed by atoms with Crippen LogP contribution in [0.2, 0.25) is 0 Å². The average Bonchev–Trinajstić information content (AvgIpc) is 2.78. The van der Waals surface area contributed by atoms with Gasteiger partial charge in [-0.15, -0.1) is 0 Å². The molecule has 0 unspecified atom stereocenters. The van der Waals surface area contributed by atoms with E-state index in [0.717, 1.165) is 44.9 Å². The van der Waals surface area contributed by atoms with Crippen LogP contribution in [-0.4, -0.2) is 53.9 Å². The highest BCUT2D eigenvalue weighted by atomic mass is 19.1. The summed E-state index contributed by atoms with van der Waals surface area (Å²) in [5.41, 5.74) is 11.6. The predicted molar refractivity (Wildman–Crippen MR) is 134 cm³/mol. The molecule has 0 atom stereocenters. The number of rotatable bonds is 4. The van der Waals surface area contributed by atoms with E-state index in [1.54, 1.807) is 21.9 Å². The molecular formula is C25H37FN6O3. The van der Waals surface area contributed by atoms with Gasteiger partial charge < -0.3 is 25.8 Å². The van der Waals surface area contributed by atoms with E-state index in [1.165, 1.54) is 6.07 Å². The molecule has 0 radical (unpaired) electrons. The van der Waals surface area contributed by atoms with Gasteiger partial charge in [0.1, 0.15) is 11.3 Å². The summed E-state index contributed by atoms with van der Waals surface area (Å²) in [5.74, 6) is 0.207. The molecule has 1 aromatic rings. The number of likely N-dealkylation sites (tertiary alicyclic amines) is 1. The van der Waals surface area contributed by atoms with Gasteiger partial charge in [-0.25, -0.2) is 14.2 Å². The summed E-state index contributed by atoms with van der Waals surface area (Å²) in [7, 11) is 0. The van der Waals surface area contributed by atoms with Gasteiger partial charge in [0.25, 0.3) is 0 Å². The van der Waals surface area contributed by atoms with E-state index in [0.29, 0.717) is 25.4 Å². The van der Waals surface area contributed by atoms with Crippen molar-refractivity contribution in [1.82, 2.24) is 4.90 Å². The lowest BCUT2D eigenvalue weighted by Gasteiger charge is -2.46. The van der Waals surface area contributed by atoms with Gasteiger partial charge in [0, 0.05) is 13.1 Å². The Kier molecular flexibility index (Phi) is 7.10. The van der Waals surface area contributed by atoms with Crippen LogP contribution in [0.5, 0.6) is 5.75 Å². The van der Waals surface area contributed by atoms with Crippen molar-refractivity contribution in [3.8, 4) is 5.75 Å². The second kappa shape index (κ2) is 9.91. The van der Waals surface area contributed by atoms with Crippen molar-refractivity contribution in [3.05, 3.63) is 24.0 Å². The Bertz CT molecular complexity index is 991. The Balaban J connectivity index is 1.47. The van der Waals surface area contributed by atoms with Crippen molar-refractivity contribution in [2.75, 3.05) is 24.6 Å². The standard InChI is InChI=1S/C25H37FN6O3/c1-24(2,3)35-23(33)31-14-10-17(11-15-31)16-34-20-18(26)8-7-9-19(20)32-22(28)29-21(27)30-25(32)12-5-4-6-13-25/h7-9,17H,4-6,10-16H2,1-3H3,(H4,27,28,29,30). The molecule has 2 fully saturated rings. The third-order valence-corrected chi connectivity index (χ3v) is 6.77. The van der Waals surface area contributed by atoms with Crippen LogP contribution < -0.4 is 21.1 Å². The molecule has 1 saturated carbocycles. The van der Waals surface area contributed by atoms with Crippen molar-refractivity contribution in [3.63, 3.8) is 0 Å². The molecule has 2 aliphatic heterocycles. The van der Waals surface area contributed by atoms with Gasteiger partial charge in [0.15, 0.2) is 11.6 Å². The van der Waals surface area contributed by atoms with E-state index in [2.05, 4.69) is 9.98 Å². The Morgan fingerprint density at radius 1 is 1.17 bits per heavy atom. The molecule has 192 valence electrons. The first-order valence-electron chi connectivity index (χ1n) is 12.5. The number of hydrogen-bond donors (Lipinski definition) is 2. The van der Waals surface area contributed by atoms with Gasteiger partial charge in [-0.05, 0) is 77.3 Å². The van der Waals surface area contributed by atoms with Crippen molar-refractivity contribution >= 4 is 23.7 Å². The topological polar surface area (TPSA) is 119 Å². The number of amides is 1. The second-order valence-electron chi connectivity index (χ2n) is 10.6. The SMILES string of the molecule is CC(C)(C)OC(=O)N1CCC(COc2c(F)cccc2N2C(N)=NC(N)=NC23CCCCC3)CC1. The summed E-state index contributed by atoms with van der Waals surface area (Å²) < 4.78 is 26.7. The first-order valence-corrected chi connectivity index (χ1v) is 12.5. The molecule has 35 heavy (non-hydrogen) atoms. The predicted octanol–water partition coefficient (Wildman–Crippen LogP) is 3.96. The van der Waals surface area contributed by atoms with Crippen LogP contribution >= 0.6 is 0 Å². The quantitative estimate of drug-likeness (QED) is 0.662. The maximum atomic E-state index is 15.1. The Hall–Kier alpha value is -3.04. The lowest BCUT2D eigenvalue weighted by Crippen LogP contribution is -2.58. The number of aliphatic imine (C=N–C) groups is 2. The highest BCUT2D eigenvalue weighted by Crippen LogP contribution is 2.43. The van der Waals surface area contributed by atoms with Crippen LogP contribution in [0.1, 0.15) is 65.7 Å². The number of halogens is 1. The number of para-hydroxylation sites is 1. The molecule has 1 spiro atoms. The molecule has 3 aliphatic rings. The number of ether oxygens (including phenoxy) is 2. The van der Waals surface area contributed by atoms with Gasteiger partial charge in [-0.1, -0.05) is 12.5 Å². The van der Waals surface area contributed by atoms with Crippen molar-refractivity contribution < 1.29 is 18.7 Å². The number of hydrogen-bond acceptors (Lipinski definition) is 8. The highest BCUT2D eigenvalue weighted by molar-refractivity contribution is 6.06. The molecule has 0 bridgehead atoms. The molecule has 4 rings (SSSR count). The minimum Gasteiger partial charge on any atom is -0.488 e. The van der Waals surface area contributed by atoms with E-state index in [-0.39, 0.29) is 29.7 Å². The summed E-state index contributed by atoms with van der Waals surface area (Å²) in [6, 6.07) is 4.81. The van der Waals surface area contributed by atoms with E-state index >= 15 is 4.39 Å². The normalized spacial score (nSPS) is 20.9. The van der Waals surface area contributed by atoms with Crippen LogP contribution in [0.4, 0.5) is 14.9 Å². The number of piperidine rings is 1. The fraction of sp³-hybridized carbons (Fsp3) is 0.640. The molecule has 0 aromatic heterocycles. The van der Waals surface area contributed by atoms with Crippen molar-refractivity contribution in [2.24, 2.45) is 27.4 Å². The zero-order valence-corrected chi connectivity index (χ0v) is 20.9. The minimum atomic E-state index is -0.682. The number of guanidine groups is 2. The molecule has 1 aromatic carbocycles. The number of carbonyl (C=O) groups is 1. The lowest BCUT2D eigenvalue weighted by molar-refractivity contribution is 0.0164. The number of carbonyl (C=O) groups excluding carboxylic acids is 1. The first-order chi connectivity index (χ1) is 16.6. The zero-order valence-electron chi connectivity index (χ0n) is 20.9. The summed E-state index contributed by atoms with van der Waals surface area (Å²) in [4.78, 5) is 24.7. The lowest BCUT2D eigenvalue weighted by atomic mass is 9.87. The fourth-order valence-electron chi connectivity index (χ4n) is 5.10. The summed E-state index contributed by atoms with van der Waals surface area (Å²) in [6.45, 7) is 7.06. The number of anilines is 1. The first kappa shape index (κ1) is 25.1. The number of nitrogens with two attached hydrogens (primary N) is 2. The van der Waals surface area contributed by atoms with Crippen LogP contribution in [0, 0.1) is 11.7 Å². The minimum absolute atomic E-state index is 0.140. The molecule has 4 N–H and O–H groups in total. The summed E-state index contributed by atoms with van der Waals surface area (Å²) in [5, 5.41) is 0. The average molecular weight is 489 g/mol. The third kappa shape index (κ3) is 5.62. The number of benzene rings is 1. The second-order valence-corrected chi connectivity index (χ2v) is 10.6. The molecular weight excluding hydrogens is 451 g/mol. The molecule has 1 amide bonds. The van der Waals surface area contributed by atoms with Crippen LogP contribution in [-0.2, 0) is 4.74 Å². The maximum absolute atomic E-state index is 15.1. The molecule has 1 saturated heterocycles. The monoisotopic (exact) mass is 488 g/mol. The van der Waals surface area contributed by atoms with Gasteiger partial charge in [-0.3, -0.25) is 4.90 Å².